The van der Waals surface area contributed by atoms with Crippen LogP contribution in [0.4, 0.5) is 5.95 Å². The number of nitrogens with zero attached hydrogens (tertiary/aromatic N) is 2. The molecule has 1 heterocycles. The summed E-state index contributed by atoms with van der Waals surface area (Å²) in [5.41, 5.74) is 2.09. The minimum absolute atomic E-state index is 0.533. The summed E-state index contributed by atoms with van der Waals surface area (Å²) in [5.74, 6) is 0.731. The van der Waals surface area contributed by atoms with Gasteiger partial charge in [0.05, 0.1) is 0 Å². The summed E-state index contributed by atoms with van der Waals surface area (Å²) in [4.78, 5) is 8.83. The molecule has 1 aromatic heterocycles. The zero-order chi connectivity index (χ0) is 13.8. The maximum absolute atomic E-state index is 5.89. The molecule has 1 fully saturated rings. The number of anilines is 1. The van der Waals surface area contributed by atoms with E-state index in [1.165, 1.54) is 32.1 Å². The molecule has 0 saturated heterocycles. The Kier molecular flexibility index (Phi) is 4.16. The van der Waals surface area contributed by atoms with E-state index in [0.29, 0.717) is 6.04 Å². The van der Waals surface area contributed by atoms with Crippen molar-refractivity contribution < 1.29 is 0 Å². The average Bonchev–Trinajstić information content (AvgIpc) is 2.50. The van der Waals surface area contributed by atoms with Crippen LogP contribution in [0.25, 0.3) is 11.1 Å². The summed E-state index contributed by atoms with van der Waals surface area (Å²) in [5, 5.41) is 4.17. The van der Waals surface area contributed by atoms with Crippen molar-refractivity contribution in [3.63, 3.8) is 0 Å². The van der Waals surface area contributed by atoms with Crippen LogP contribution in [0.5, 0.6) is 0 Å². The van der Waals surface area contributed by atoms with Gasteiger partial charge >= 0.3 is 0 Å². The minimum Gasteiger partial charge on any atom is -0.351 e. The Morgan fingerprint density at radius 1 is 0.900 bits per heavy atom. The first-order chi connectivity index (χ1) is 9.81. The molecule has 104 valence electrons. The van der Waals surface area contributed by atoms with Crippen molar-refractivity contribution in [3.8, 4) is 11.1 Å². The fourth-order valence-electron chi connectivity index (χ4n) is 2.62. The largest absolute Gasteiger partial charge is 0.351 e. The summed E-state index contributed by atoms with van der Waals surface area (Å²) in [6, 6.07) is 8.26. The fraction of sp³-hybridized carbons (Fsp3) is 0.375. The van der Waals surface area contributed by atoms with Crippen molar-refractivity contribution in [1.82, 2.24) is 9.97 Å². The number of aromatic nitrogens is 2. The number of rotatable bonds is 3. The van der Waals surface area contributed by atoms with Gasteiger partial charge in [0.15, 0.2) is 0 Å². The normalized spacial score (nSPS) is 16.1. The van der Waals surface area contributed by atoms with Gasteiger partial charge in [-0.25, -0.2) is 9.97 Å². The van der Waals surface area contributed by atoms with Gasteiger partial charge in [0.2, 0.25) is 5.95 Å². The topological polar surface area (TPSA) is 37.8 Å². The van der Waals surface area contributed by atoms with E-state index in [-0.39, 0.29) is 0 Å². The van der Waals surface area contributed by atoms with Crippen LogP contribution in [0.15, 0.2) is 36.7 Å². The van der Waals surface area contributed by atoms with Gasteiger partial charge in [0.25, 0.3) is 0 Å². The Hall–Kier alpha value is -1.61. The zero-order valence-electron chi connectivity index (χ0n) is 11.3. The van der Waals surface area contributed by atoms with Crippen molar-refractivity contribution in [3.05, 3.63) is 41.7 Å². The van der Waals surface area contributed by atoms with Gasteiger partial charge in [0, 0.05) is 29.0 Å². The molecule has 1 aliphatic carbocycles. The number of nitrogens with one attached hydrogen (secondary N) is 1. The molecule has 1 saturated carbocycles. The van der Waals surface area contributed by atoms with Crippen LogP contribution in [-0.4, -0.2) is 16.0 Å². The third-order valence-electron chi connectivity index (χ3n) is 3.77. The molecule has 1 N–H and O–H groups in total. The van der Waals surface area contributed by atoms with E-state index in [0.717, 1.165) is 22.1 Å². The lowest BCUT2D eigenvalue weighted by Crippen LogP contribution is -2.23. The summed E-state index contributed by atoms with van der Waals surface area (Å²) in [6.45, 7) is 0. The minimum atomic E-state index is 0.533. The molecule has 0 unspecified atom stereocenters. The molecule has 1 aliphatic rings. The molecule has 0 bridgehead atoms. The summed E-state index contributed by atoms with van der Waals surface area (Å²) in [7, 11) is 0. The molecule has 3 nitrogen and oxygen atoms in total. The fourth-order valence-corrected chi connectivity index (χ4v) is 2.75. The Morgan fingerprint density at radius 2 is 1.55 bits per heavy atom. The molecule has 20 heavy (non-hydrogen) atoms. The Labute approximate surface area is 124 Å². The van der Waals surface area contributed by atoms with E-state index in [1.54, 1.807) is 0 Å². The van der Waals surface area contributed by atoms with Crippen LogP contribution >= 0.6 is 11.6 Å². The monoisotopic (exact) mass is 287 g/mol. The van der Waals surface area contributed by atoms with E-state index in [2.05, 4.69) is 15.3 Å². The molecule has 0 aliphatic heterocycles. The van der Waals surface area contributed by atoms with E-state index in [4.69, 9.17) is 11.6 Å². The van der Waals surface area contributed by atoms with Crippen LogP contribution < -0.4 is 5.32 Å². The smallest absolute Gasteiger partial charge is 0.222 e. The van der Waals surface area contributed by atoms with Gasteiger partial charge in [-0.3, -0.25) is 0 Å². The third-order valence-corrected chi connectivity index (χ3v) is 4.02. The van der Waals surface area contributed by atoms with Crippen molar-refractivity contribution in [2.45, 2.75) is 38.1 Å². The predicted octanol–water partition coefficient (Wildman–Crippen LogP) is 4.54. The summed E-state index contributed by atoms with van der Waals surface area (Å²) >= 11 is 5.89. The summed E-state index contributed by atoms with van der Waals surface area (Å²) < 4.78 is 0. The lowest BCUT2D eigenvalue weighted by Gasteiger charge is -2.22. The maximum Gasteiger partial charge on any atom is 0.222 e. The lowest BCUT2D eigenvalue weighted by atomic mass is 9.96. The first-order valence-corrected chi connectivity index (χ1v) is 7.53. The molecule has 0 spiro atoms. The zero-order valence-corrected chi connectivity index (χ0v) is 12.1. The average molecular weight is 288 g/mol. The second-order valence-electron chi connectivity index (χ2n) is 5.28. The van der Waals surface area contributed by atoms with E-state index >= 15 is 0 Å². The highest BCUT2D eigenvalue weighted by atomic mass is 35.5. The second kappa shape index (κ2) is 6.23. The molecular weight excluding hydrogens is 270 g/mol. The number of halogens is 1. The number of hydrogen-bond acceptors (Lipinski definition) is 3. The maximum atomic E-state index is 5.89. The van der Waals surface area contributed by atoms with E-state index in [1.807, 2.05) is 36.7 Å². The van der Waals surface area contributed by atoms with Crippen LogP contribution in [0.3, 0.4) is 0 Å². The highest BCUT2D eigenvalue weighted by molar-refractivity contribution is 6.30. The van der Waals surface area contributed by atoms with E-state index in [9.17, 15) is 0 Å². The van der Waals surface area contributed by atoms with Crippen molar-refractivity contribution in [2.24, 2.45) is 0 Å². The second-order valence-corrected chi connectivity index (χ2v) is 5.72. The molecular formula is C16H18ClN3. The van der Waals surface area contributed by atoms with Crippen LogP contribution in [0.1, 0.15) is 32.1 Å². The van der Waals surface area contributed by atoms with Crippen molar-refractivity contribution >= 4 is 17.5 Å². The molecule has 4 heteroatoms. The standard InChI is InChI=1S/C16H18ClN3/c17-14-8-6-12(7-9-14)13-10-18-16(19-11-13)20-15-4-2-1-3-5-15/h6-11,15H,1-5H2,(H,18,19,20). The predicted molar refractivity (Wildman–Crippen MR) is 83.0 cm³/mol. The lowest BCUT2D eigenvalue weighted by molar-refractivity contribution is 0.461. The number of hydrogen-bond donors (Lipinski definition) is 1. The van der Waals surface area contributed by atoms with Crippen LogP contribution in [0.2, 0.25) is 5.02 Å². The Balaban J connectivity index is 1.69. The molecule has 0 atom stereocenters. The van der Waals surface area contributed by atoms with E-state index < -0.39 is 0 Å². The van der Waals surface area contributed by atoms with Crippen molar-refractivity contribution in [2.75, 3.05) is 5.32 Å². The van der Waals surface area contributed by atoms with Gasteiger partial charge < -0.3 is 5.32 Å². The third kappa shape index (κ3) is 3.28. The van der Waals surface area contributed by atoms with Gasteiger partial charge in [-0.15, -0.1) is 0 Å². The van der Waals surface area contributed by atoms with Crippen LogP contribution in [-0.2, 0) is 0 Å². The van der Waals surface area contributed by atoms with Crippen molar-refractivity contribution in [1.29, 1.82) is 0 Å². The highest BCUT2D eigenvalue weighted by Gasteiger charge is 2.13. The van der Waals surface area contributed by atoms with Gasteiger partial charge in [-0.2, -0.15) is 0 Å². The molecule has 0 amide bonds. The molecule has 2 aromatic rings. The molecule has 0 radical (unpaired) electrons. The van der Waals surface area contributed by atoms with Gasteiger partial charge in [-0.05, 0) is 30.5 Å². The van der Waals surface area contributed by atoms with Gasteiger partial charge in [0.1, 0.15) is 0 Å². The highest BCUT2D eigenvalue weighted by Crippen LogP contribution is 2.22. The molecule has 1 aromatic carbocycles. The first kappa shape index (κ1) is 13.4. The Bertz CT molecular complexity index is 545. The number of benzene rings is 1. The van der Waals surface area contributed by atoms with Crippen LogP contribution in [0, 0.1) is 0 Å². The first-order valence-electron chi connectivity index (χ1n) is 7.16. The molecule has 3 rings (SSSR count). The summed E-state index contributed by atoms with van der Waals surface area (Å²) in [6.07, 6.45) is 10.1. The van der Waals surface area contributed by atoms with Gasteiger partial charge in [-0.1, -0.05) is 43.0 Å². The quantitative estimate of drug-likeness (QED) is 0.900. The SMILES string of the molecule is Clc1ccc(-c2cnc(NC3CCCCC3)nc2)cc1. The Morgan fingerprint density at radius 3 is 2.20 bits per heavy atom.